The van der Waals surface area contributed by atoms with Crippen molar-refractivity contribution in [2.24, 2.45) is 5.41 Å². The van der Waals surface area contributed by atoms with E-state index in [4.69, 9.17) is 4.52 Å². The maximum Gasteiger partial charge on any atom is 0.257 e. The fourth-order valence-corrected chi connectivity index (χ4v) is 4.87. The molecule has 8 nitrogen and oxygen atoms in total. The number of piperidine rings is 1. The van der Waals surface area contributed by atoms with Gasteiger partial charge in [-0.15, -0.1) is 0 Å². The third kappa shape index (κ3) is 3.58. The molecule has 0 aromatic carbocycles. The van der Waals surface area contributed by atoms with Crippen LogP contribution in [0.1, 0.15) is 79.8 Å². The van der Waals surface area contributed by atoms with Crippen LogP contribution in [-0.2, 0) is 6.54 Å². The van der Waals surface area contributed by atoms with Crippen LogP contribution in [0.4, 0.5) is 0 Å². The molecule has 4 rings (SSSR count). The van der Waals surface area contributed by atoms with Crippen LogP contribution in [0.15, 0.2) is 10.7 Å². The van der Waals surface area contributed by atoms with E-state index in [1.54, 1.807) is 6.20 Å². The van der Waals surface area contributed by atoms with Gasteiger partial charge in [0.05, 0.1) is 17.8 Å². The van der Waals surface area contributed by atoms with Gasteiger partial charge in [-0.05, 0) is 45.6 Å². The fourth-order valence-electron chi connectivity index (χ4n) is 4.87. The minimum absolute atomic E-state index is 0.111. The molecule has 1 spiro atoms. The van der Waals surface area contributed by atoms with E-state index >= 15 is 0 Å². The standard InChI is InChI=1S/C21H32N6O2/c1-6-27-15(4)16(12-22-27)20(28)26-9-7-21(8-10-26)11-17(25(5)13-21)18-23-19(14(2)3)29-24-18/h12,14,17H,6-11,13H2,1-5H3. The van der Waals surface area contributed by atoms with Crippen LogP contribution in [0, 0.1) is 12.3 Å². The minimum Gasteiger partial charge on any atom is -0.339 e. The molecule has 1 atom stereocenters. The van der Waals surface area contributed by atoms with Crippen molar-refractivity contribution in [3.63, 3.8) is 0 Å². The summed E-state index contributed by atoms with van der Waals surface area (Å²) in [5, 5.41) is 8.58. The lowest BCUT2D eigenvalue weighted by atomic mass is 9.76. The fraction of sp³-hybridized carbons (Fsp3) is 0.714. The van der Waals surface area contributed by atoms with E-state index in [0.717, 1.165) is 62.5 Å². The lowest BCUT2D eigenvalue weighted by Crippen LogP contribution is -2.44. The van der Waals surface area contributed by atoms with Crippen LogP contribution in [0.5, 0.6) is 0 Å². The predicted molar refractivity (Wildman–Crippen MR) is 109 cm³/mol. The van der Waals surface area contributed by atoms with E-state index in [-0.39, 0.29) is 23.3 Å². The topological polar surface area (TPSA) is 80.3 Å². The first-order valence-corrected chi connectivity index (χ1v) is 10.7. The molecule has 0 radical (unpaired) electrons. The largest absolute Gasteiger partial charge is 0.339 e. The number of aromatic nitrogens is 4. The number of hydrogen-bond acceptors (Lipinski definition) is 6. The van der Waals surface area contributed by atoms with Crippen LogP contribution in [-0.4, -0.2) is 62.3 Å². The summed E-state index contributed by atoms with van der Waals surface area (Å²) in [5.74, 6) is 1.86. The Balaban J connectivity index is 1.42. The molecule has 1 amide bonds. The molecule has 29 heavy (non-hydrogen) atoms. The van der Waals surface area contributed by atoms with Gasteiger partial charge in [-0.25, -0.2) is 0 Å². The molecular weight excluding hydrogens is 368 g/mol. The summed E-state index contributed by atoms with van der Waals surface area (Å²) in [4.78, 5) is 22.0. The van der Waals surface area contributed by atoms with Crippen LogP contribution < -0.4 is 0 Å². The van der Waals surface area contributed by atoms with E-state index in [2.05, 4.69) is 41.0 Å². The number of hydrogen-bond donors (Lipinski definition) is 0. The number of nitrogens with zero attached hydrogens (tertiary/aromatic N) is 6. The van der Waals surface area contributed by atoms with Gasteiger partial charge < -0.3 is 9.42 Å². The number of carbonyl (C=O) groups excluding carboxylic acids is 1. The highest BCUT2D eigenvalue weighted by molar-refractivity contribution is 5.95. The van der Waals surface area contributed by atoms with Gasteiger partial charge in [-0.1, -0.05) is 19.0 Å². The van der Waals surface area contributed by atoms with Gasteiger partial charge in [0.25, 0.3) is 5.91 Å². The Bertz CT molecular complexity index is 878. The molecule has 0 aliphatic carbocycles. The van der Waals surface area contributed by atoms with Crippen molar-refractivity contribution < 1.29 is 9.32 Å². The molecule has 2 aromatic rings. The second-order valence-corrected chi connectivity index (χ2v) is 9.03. The molecule has 158 valence electrons. The Hall–Kier alpha value is -2.22. The van der Waals surface area contributed by atoms with E-state index < -0.39 is 0 Å². The highest BCUT2D eigenvalue weighted by Gasteiger charge is 2.46. The number of carbonyl (C=O) groups is 1. The Morgan fingerprint density at radius 1 is 1.34 bits per heavy atom. The van der Waals surface area contributed by atoms with Gasteiger partial charge in [-0.3, -0.25) is 14.4 Å². The number of amides is 1. The summed E-state index contributed by atoms with van der Waals surface area (Å²) >= 11 is 0. The second kappa shape index (κ2) is 7.55. The smallest absolute Gasteiger partial charge is 0.257 e. The molecule has 0 N–H and O–H groups in total. The van der Waals surface area contributed by atoms with Crippen molar-refractivity contribution in [1.82, 2.24) is 29.7 Å². The summed E-state index contributed by atoms with van der Waals surface area (Å²) in [6.45, 7) is 11.5. The lowest BCUT2D eigenvalue weighted by molar-refractivity contribution is 0.0592. The first kappa shape index (κ1) is 20.1. The summed E-state index contributed by atoms with van der Waals surface area (Å²) in [6, 6.07) is 0.193. The summed E-state index contributed by atoms with van der Waals surface area (Å²) in [7, 11) is 2.14. The van der Waals surface area contributed by atoms with Crippen molar-refractivity contribution in [2.45, 2.75) is 65.5 Å². The molecule has 4 heterocycles. The van der Waals surface area contributed by atoms with E-state index in [9.17, 15) is 4.79 Å². The van der Waals surface area contributed by atoms with E-state index in [0.29, 0.717) is 5.89 Å². The third-order valence-corrected chi connectivity index (χ3v) is 6.74. The minimum atomic E-state index is 0.111. The van der Waals surface area contributed by atoms with Crippen LogP contribution >= 0.6 is 0 Å². The third-order valence-electron chi connectivity index (χ3n) is 6.74. The van der Waals surface area contributed by atoms with Crippen LogP contribution in [0.2, 0.25) is 0 Å². The maximum absolute atomic E-state index is 13.0. The zero-order valence-corrected chi connectivity index (χ0v) is 18.2. The molecule has 2 aromatic heterocycles. The van der Waals surface area contributed by atoms with Crippen molar-refractivity contribution >= 4 is 5.91 Å². The normalized spacial score (nSPS) is 22.1. The van der Waals surface area contributed by atoms with E-state index in [1.165, 1.54) is 0 Å². The van der Waals surface area contributed by atoms with Crippen molar-refractivity contribution in [2.75, 3.05) is 26.7 Å². The molecule has 2 fully saturated rings. The first-order valence-electron chi connectivity index (χ1n) is 10.7. The second-order valence-electron chi connectivity index (χ2n) is 9.03. The van der Waals surface area contributed by atoms with Crippen molar-refractivity contribution in [1.29, 1.82) is 0 Å². The number of aryl methyl sites for hydroxylation is 1. The Morgan fingerprint density at radius 3 is 2.66 bits per heavy atom. The van der Waals surface area contributed by atoms with E-state index in [1.807, 2.05) is 23.4 Å². The lowest BCUT2D eigenvalue weighted by Gasteiger charge is -2.39. The van der Waals surface area contributed by atoms with Crippen molar-refractivity contribution in [3.8, 4) is 0 Å². The zero-order valence-electron chi connectivity index (χ0n) is 18.2. The molecule has 2 saturated heterocycles. The van der Waals surface area contributed by atoms with Crippen molar-refractivity contribution in [3.05, 3.63) is 29.2 Å². The van der Waals surface area contributed by atoms with Gasteiger partial charge in [0, 0.05) is 37.8 Å². The summed E-state index contributed by atoms with van der Waals surface area (Å²) in [6.07, 6.45) is 4.76. The average Bonchev–Trinajstić information content (AvgIpc) is 3.39. The Morgan fingerprint density at radius 2 is 2.07 bits per heavy atom. The molecule has 2 aliphatic heterocycles. The van der Waals surface area contributed by atoms with Gasteiger partial charge in [0.2, 0.25) is 5.89 Å². The number of rotatable bonds is 4. The predicted octanol–water partition coefficient (Wildman–Crippen LogP) is 3.02. The molecule has 0 saturated carbocycles. The van der Waals surface area contributed by atoms with Crippen LogP contribution in [0.3, 0.4) is 0 Å². The molecular formula is C21H32N6O2. The quantitative estimate of drug-likeness (QED) is 0.785. The highest BCUT2D eigenvalue weighted by Crippen LogP contribution is 2.47. The highest BCUT2D eigenvalue weighted by atomic mass is 16.5. The monoisotopic (exact) mass is 400 g/mol. The van der Waals surface area contributed by atoms with Gasteiger partial charge in [0.1, 0.15) is 0 Å². The SMILES string of the molecule is CCn1ncc(C(=O)N2CCC3(CC2)CC(c2noc(C(C)C)n2)N(C)C3)c1C. The number of likely N-dealkylation sites (tertiary alicyclic amines) is 2. The zero-order chi connectivity index (χ0) is 20.8. The van der Waals surface area contributed by atoms with Crippen LogP contribution in [0.25, 0.3) is 0 Å². The molecule has 2 aliphatic rings. The van der Waals surface area contributed by atoms with Gasteiger partial charge in [-0.2, -0.15) is 10.1 Å². The van der Waals surface area contributed by atoms with Gasteiger partial charge >= 0.3 is 0 Å². The average molecular weight is 401 g/mol. The summed E-state index contributed by atoms with van der Waals surface area (Å²) < 4.78 is 7.31. The molecule has 0 bridgehead atoms. The maximum atomic E-state index is 13.0. The summed E-state index contributed by atoms with van der Waals surface area (Å²) in [5.41, 5.74) is 1.91. The molecule has 1 unspecified atom stereocenters. The molecule has 8 heteroatoms. The Kier molecular flexibility index (Phi) is 5.23. The Labute approximate surface area is 172 Å². The van der Waals surface area contributed by atoms with Gasteiger partial charge in [0.15, 0.2) is 5.82 Å². The first-order chi connectivity index (χ1) is 13.8.